The molecule has 19 heavy (non-hydrogen) atoms. The summed E-state index contributed by atoms with van der Waals surface area (Å²) in [6.07, 6.45) is 6.39. The largest absolute Gasteiger partial charge is 0.315 e. The van der Waals surface area contributed by atoms with Crippen LogP contribution in [0.2, 0.25) is 0 Å². The molecule has 0 saturated carbocycles. The zero-order valence-electron chi connectivity index (χ0n) is 11.5. The van der Waals surface area contributed by atoms with Crippen LogP contribution in [0.25, 0.3) is 0 Å². The van der Waals surface area contributed by atoms with Gasteiger partial charge in [-0.2, -0.15) is 0 Å². The summed E-state index contributed by atoms with van der Waals surface area (Å²) in [5, 5.41) is 2.96. The number of fused-ring (bicyclic) bond motifs is 1. The highest BCUT2D eigenvalue weighted by Crippen LogP contribution is 2.28. The standard InChI is InChI=1S/C13H25N3O2S/c17-19(18,11-4-3-7-14-10-11)15-12-6-9-16-8-2-1-5-13(12)16/h11-15H,1-10H2. The molecular formula is C13H25N3O2S. The lowest BCUT2D eigenvalue weighted by Crippen LogP contribution is -2.51. The highest BCUT2D eigenvalue weighted by atomic mass is 32.2. The first-order valence-electron chi connectivity index (χ1n) is 7.63. The molecule has 3 unspecified atom stereocenters. The Kier molecular flexibility index (Phi) is 4.12. The molecule has 5 nitrogen and oxygen atoms in total. The van der Waals surface area contributed by atoms with Crippen molar-refractivity contribution in [3.63, 3.8) is 0 Å². The molecule has 3 fully saturated rings. The summed E-state index contributed by atoms with van der Waals surface area (Å²) in [7, 11) is -3.16. The monoisotopic (exact) mass is 287 g/mol. The maximum atomic E-state index is 12.4. The molecule has 0 spiro atoms. The average Bonchev–Trinajstić information content (AvgIpc) is 2.83. The Balaban J connectivity index is 1.63. The highest BCUT2D eigenvalue weighted by Gasteiger charge is 2.39. The van der Waals surface area contributed by atoms with E-state index >= 15 is 0 Å². The molecule has 0 bridgehead atoms. The van der Waals surface area contributed by atoms with Crippen LogP contribution in [0.15, 0.2) is 0 Å². The smallest absolute Gasteiger partial charge is 0.216 e. The van der Waals surface area contributed by atoms with Gasteiger partial charge in [0, 0.05) is 25.2 Å². The molecule has 3 aliphatic rings. The van der Waals surface area contributed by atoms with Crippen LogP contribution in [-0.4, -0.2) is 56.8 Å². The fraction of sp³-hybridized carbons (Fsp3) is 1.00. The molecule has 0 aromatic carbocycles. The van der Waals surface area contributed by atoms with Crippen LogP contribution in [0, 0.1) is 0 Å². The van der Waals surface area contributed by atoms with Crippen molar-refractivity contribution in [1.29, 1.82) is 0 Å². The quantitative estimate of drug-likeness (QED) is 0.783. The van der Waals surface area contributed by atoms with Gasteiger partial charge in [0.15, 0.2) is 0 Å². The van der Waals surface area contributed by atoms with Crippen molar-refractivity contribution in [1.82, 2.24) is 14.9 Å². The van der Waals surface area contributed by atoms with E-state index in [0.717, 1.165) is 45.3 Å². The summed E-state index contributed by atoms with van der Waals surface area (Å²) in [6.45, 7) is 3.76. The van der Waals surface area contributed by atoms with Gasteiger partial charge in [-0.3, -0.25) is 4.90 Å². The van der Waals surface area contributed by atoms with E-state index in [4.69, 9.17) is 0 Å². The summed E-state index contributed by atoms with van der Waals surface area (Å²) < 4.78 is 27.9. The van der Waals surface area contributed by atoms with Gasteiger partial charge in [0.1, 0.15) is 0 Å². The Morgan fingerprint density at radius 3 is 2.74 bits per heavy atom. The average molecular weight is 287 g/mol. The van der Waals surface area contributed by atoms with Gasteiger partial charge >= 0.3 is 0 Å². The second kappa shape index (κ2) is 5.68. The van der Waals surface area contributed by atoms with Crippen LogP contribution in [0.4, 0.5) is 0 Å². The lowest BCUT2D eigenvalue weighted by molar-refractivity contribution is 0.186. The number of sulfonamides is 1. The number of nitrogens with zero attached hydrogens (tertiary/aromatic N) is 1. The molecule has 3 aliphatic heterocycles. The minimum Gasteiger partial charge on any atom is -0.315 e. The van der Waals surface area contributed by atoms with E-state index < -0.39 is 10.0 Å². The molecule has 0 radical (unpaired) electrons. The molecule has 3 rings (SSSR count). The maximum absolute atomic E-state index is 12.4. The fourth-order valence-corrected chi connectivity index (χ4v) is 5.48. The number of nitrogens with one attached hydrogen (secondary N) is 2. The Morgan fingerprint density at radius 1 is 1.05 bits per heavy atom. The molecule has 0 aromatic heterocycles. The summed E-state index contributed by atoms with van der Waals surface area (Å²) in [5.74, 6) is 0. The van der Waals surface area contributed by atoms with E-state index in [1.165, 1.54) is 12.8 Å². The lowest BCUT2D eigenvalue weighted by atomic mass is 10.00. The van der Waals surface area contributed by atoms with Crippen molar-refractivity contribution in [2.75, 3.05) is 26.2 Å². The number of hydrogen-bond acceptors (Lipinski definition) is 4. The number of piperidine rings is 2. The Hall–Kier alpha value is -0.170. The molecule has 0 aliphatic carbocycles. The van der Waals surface area contributed by atoms with Crippen LogP contribution < -0.4 is 10.0 Å². The number of rotatable bonds is 3. The van der Waals surface area contributed by atoms with Crippen LogP contribution in [0.1, 0.15) is 38.5 Å². The fourth-order valence-electron chi connectivity index (χ4n) is 3.78. The number of hydrogen-bond donors (Lipinski definition) is 2. The van der Waals surface area contributed by atoms with E-state index in [-0.39, 0.29) is 11.3 Å². The van der Waals surface area contributed by atoms with Crippen LogP contribution >= 0.6 is 0 Å². The second-order valence-corrected chi connectivity index (χ2v) is 8.12. The van der Waals surface area contributed by atoms with Gasteiger partial charge in [-0.15, -0.1) is 0 Å². The predicted octanol–water partition coefficient (Wildman–Crippen LogP) is 0.285. The van der Waals surface area contributed by atoms with E-state index in [1.54, 1.807) is 0 Å². The van der Waals surface area contributed by atoms with Gasteiger partial charge in [-0.05, 0) is 45.2 Å². The van der Waals surface area contributed by atoms with Gasteiger partial charge in [-0.25, -0.2) is 13.1 Å². The predicted molar refractivity (Wildman–Crippen MR) is 75.6 cm³/mol. The second-order valence-electron chi connectivity index (χ2n) is 6.13. The van der Waals surface area contributed by atoms with Crippen molar-refractivity contribution in [3.8, 4) is 0 Å². The molecule has 2 N–H and O–H groups in total. The molecular weight excluding hydrogens is 262 g/mol. The van der Waals surface area contributed by atoms with Crippen LogP contribution in [-0.2, 0) is 10.0 Å². The third kappa shape index (κ3) is 2.96. The van der Waals surface area contributed by atoms with Gasteiger partial charge in [0.25, 0.3) is 0 Å². The first-order valence-corrected chi connectivity index (χ1v) is 9.17. The SMILES string of the molecule is O=S(=O)(NC1CCN2CCCCC12)C1CCCNC1. The molecule has 0 amide bonds. The molecule has 6 heteroatoms. The topological polar surface area (TPSA) is 61.4 Å². The summed E-state index contributed by atoms with van der Waals surface area (Å²) in [6, 6.07) is 0.590. The normalized spacial score (nSPS) is 37.2. The van der Waals surface area contributed by atoms with Gasteiger partial charge in [-0.1, -0.05) is 6.42 Å². The maximum Gasteiger partial charge on any atom is 0.216 e. The summed E-state index contributed by atoms with van der Waals surface area (Å²) >= 11 is 0. The third-order valence-electron chi connectivity index (χ3n) is 4.86. The molecule has 3 heterocycles. The van der Waals surface area contributed by atoms with Crippen molar-refractivity contribution in [2.24, 2.45) is 0 Å². The molecule has 0 aromatic rings. The Labute approximate surface area is 116 Å². The van der Waals surface area contributed by atoms with Crippen molar-refractivity contribution in [3.05, 3.63) is 0 Å². The molecule has 3 saturated heterocycles. The molecule has 110 valence electrons. The summed E-state index contributed by atoms with van der Waals surface area (Å²) in [5.41, 5.74) is 0. The first-order chi connectivity index (χ1) is 9.17. The van der Waals surface area contributed by atoms with Crippen molar-refractivity contribution in [2.45, 2.75) is 55.9 Å². The molecule has 3 atom stereocenters. The minimum atomic E-state index is -3.16. The van der Waals surface area contributed by atoms with E-state index in [0.29, 0.717) is 12.6 Å². The van der Waals surface area contributed by atoms with Crippen molar-refractivity contribution < 1.29 is 8.42 Å². The van der Waals surface area contributed by atoms with Gasteiger partial charge in [0.2, 0.25) is 10.0 Å². The van der Waals surface area contributed by atoms with E-state index in [9.17, 15) is 8.42 Å². The lowest BCUT2D eigenvalue weighted by Gasteiger charge is -2.33. The van der Waals surface area contributed by atoms with Gasteiger partial charge in [0.05, 0.1) is 5.25 Å². The Morgan fingerprint density at radius 2 is 1.95 bits per heavy atom. The summed E-state index contributed by atoms with van der Waals surface area (Å²) in [4.78, 5) is 2.47. The minimum absolute atomic E-state index is 0.146. The zero-order chi connectivity index (χ0) is 13.3. The van der Waals surface area contributed by atoms with Crippen LogP contribution in [0.5, 0.6) is 0 Å². The van der Waals surface area contributed by atoms with Crippen LogP contribution in [0.3, 0.4) is 0 Å². The first kappa shape index (κ1) is 13.8. The van der Waals surface area contributed by atoms with E-state index in [1.807, 2.05) is 0 Å². The van der Waals surface area contributed by atoms with E-state index in [2.05, 4.69) is 14.9 Å². The zero-order valence-corrected chi connectivity index (χ0v) is 12.3. The third-order valence-corrected chi connectivity index (χ3v) is 6.77. The Bertz CT molecular complexity index is 406. The van der Waals surface area contributed by atoms with Crippen molar-refractivity contribution >= 4 is 10.0 Å². The van der Waals surface area contributed by atoms with Gasteiger partial charge < -0.3 is 5.32 Å². The highest BCUT2D eigenvalue weighted by molar-refractivity contribution is 7.90.